The minimum atomic E-state index is -0.953. The number of fused-ring (bicyclic) bond motifs is 6. The average Bonchev–Trinajstić information content (AvgIpc) is 3.39. The van der Waals surface area contributed by atoms with Gasteiger partial charge >= 0.3 is 6.09 Å². The van der Waals surface area contributed by atoms with Gasteiger partial charge in [-0.1, -0.05) is 60.7 Å². The van der Waals surface area contributed by atoms with Crippen LogP contribution in [0.5, 0.6) is 0 Å². The second-order valence-corrected chi connectivity index (χ2v) is 10.9. The Morgan fingerprint density at radius 1 is 0.946 bits per heavy atom. The Labute approximate surface area is 216 Å². The first-order valence-corrected chi connectivity index (χ1v) is 13.2. The van der Waals surface area contributed by atoms with E-state index in [4.69, 9.17) is 4.74 Å². The largest absolute Gasteiger partial charge is 0.448 e. The molecule has 2 bridgehead atoms. The van der Waals surface area contributed by atoms with Gasteiger partial charge in [0, 0.05) is 41.9 Å². The van der Waals surface area contributed by atoms with Gasteiger partial charge in [0.2, 0.25) is 0 Å². The molecular weight excluding hydrogens is 460 g/mol. The molecule has 5 heteroatoms. The zero-order valence-electron chi connectivity index (χ0n) is 20.9. The zero-order valence-corrected chi connectivity index (χ0v) is 20.9. The van der Waals surface area contributed by atoms with Crippen LogP contribution in [0, 0.1) is 6.92 Å². The summed E-state index contributed by atoms with van der Waals surface area (Å²) >= 11 is 0. The van der Waals surface area contributed by atoms with E-state index in [0.29, 0.717) is 19.4 Å². The fourth-order valence-corrected chi connectivity index (χ4v) is 6.94. The number of hydrogen-bond acceptors (Lipinski definition) is 4. The van der Waals surface area contributed by atoms with Gasteiger partial charge in [-0.2, -0.15) is 0 Å². The third-order valence-electron chi connectivity index (χ3n) is 8.68. The highest BCUT2D eigenvalue weighted by Crippen LogP contribution is 2.47. The Hall–Kier alpha value is -3.70. The molecule has 5 nitrogen and oxygen atoms in total. The molecule has 1 aromatic heterocycles. The number of aryl methyl sites for hydroxylation is 1. The Morgan fingerprint density at radius 2 is 1.59 bits per heavy atom. The summed E-state index contributed by atoms with van der Waals surface area (Å²) in [7, 11) is 0. The molecule has 37 heavy (non-hydrogen) atoms. The summed E-state index contributed by atoms with van der Waals surface area (Å²) in [5.41, 5.74) is 6.76. The van der Waals surface area contributed by atoms with E-state index in [2.05, 4.69) is 65.6 Å². The normalized spacial score (nSPS) is 24.2. The van der Waals surface area contributed by atoms with Crippen LogP contribution in [0.2, 0.25) is 0 Å². The quantitative estimate of drug-likeness (QED) is 0.366. The molecule has 2 aliphatic heterocycles. The van der Waals surface area contributed by atoms with Crippen molar-refractivity contribution in [3.05, 3.63) is 101 Å². The molecular formula is C32H30N2O3. The lowest BCUT2D eigenvalue weighted by Crippen LogP contribution is -2.52. The van der Waals surface area contributed by atoms with Gasteiger partial charge in [-0.3, -0.25) is 4.98 Å². The van der Waals surface area contributed by atoms with Crippen LogP contribution in [0.15, 0.2) is 78.9 Å². The van der Waals surface area contributed by atoms with Crippen LogP contribution in [-0.2, 0) is 10.3 Å². The highest BCUT2D eigenvalue weighted by molar-refractivity contribution is 5.80. The molecule has 1 amide bonds. The Morgan fingerprint density at radius 3 is 2.27 bits per heavy atom. The first-order chi connectivity index (χ1) is 18.0. The maximum atomic E-state index is 13.4. The smallest absolute Gasteiger partial charge is 0.410 e. The van der Waals surface area contributed by atoms with Crippen LogP contribution >= 0.6 is 0 Å². The van der Waals surface area contributed by atoms with E-state index in [0.717, 1.165) is 35.0 Å². The first-order valence-electron chi connectivity index (χ1n) is 13.2. The zero-order chi connectivity index (χ0) is 25.1. The van der Waals surface area contributed by atoms with Crippen molar-refractivity contribution in [2.24, 2.45) is 0 Å². The number of carbonyl (C=O) groups excluding carboxylic acids is 1. The maximum Gasteiger partial charge on any atom is 0.410 e. The van der Waals surface area contributed by atoms with Gasteiger partial charge in [-0.05, 0) is 65.8 Å². The van der Waals surface area contributed by atoms with Crippen LogP contribution in [-0.4, -0.2) is 39.8 Å². The second kappa shape index (κ2) is 8.42. The number of rotatable bonds is 3. The van der Waals surface area contributed by atoms with Crippen molar-refractivity contribution in [1.29, 1.82) is 0 Å². The van der Waals surface area contributed by atoms with Gasteiger partial charge in [0.15, 0.2) is 0 Å². The second-order valence-electron chi connectivity index (χ2n) is 10.9. The summed E-state index contributed by atoms with van der Waals surface area (Å²) in [6.07, 6.45) is 2.59. The summed E-state index contributed by atoms with van der Waals surface area (Å²) in [5, 5.41) is 12.8. The lowest BCUT2D eigenvalue weighted by atomic mass is 9.80. The van der Waals surface area contributed by atoms with Gasteiger partial charge in [0.1, 0.15) is 6.61 Å². The van der Waals surface area contributed by atoms with Crippen LogP contribution in [0.1, 0.15) is 54.0 Å². The van der Waals surface area contributed by atoms with Crippen LogP contribution in [0.3, 0.4) is 0 Å². The highest BCUT2D eigenvalue weighted by atomic mass is 16.6. The van der Waals surface area contributed by atoms with Crippen LogP contribution < -0.4 is 0 Å². The van der Waals surface area contributed by atoms with E-state index in [9.17, 15) is 9.90 Å². The van der Waals surface area contributed by atoms with Gasteiger partial charge in [0.25, 0.3) is 0 Å². The van der Waals surface area contributed by atoms with Crippen molar-refractivity contribution >= 4 is 17.0 Å². The van der Waals surface area contributed by atoms with Crippen molar-refractivity contribution in [2.75, 3.05) is 6.61 Å². The van der Waals surface area contributed by atoms with Gasteiger partial charge in [0.05, 0.1) is 11.1 Å². The third-order valence-corrected chi connectivity index (χ3v) is 8.68. The Balaban J connectivity index is 1.09. The van der Waals surface area contributed by atoms with Crippen LogP contribution in [0.4, 0.5) is 4.79 Å². The van der Waals surface area contributed by atoms with Gasteiger partial charge in [-0.15, -0.1) is 0 Å². The standard InChI is InChI=1S/C32H30N2O3/c1-20-10-11-21-16-22(12-15-30(21)33-20)32(36)17-23-13-14-24(18-32)34(23)31(35)37-19-29-27-8-4-2-6-25(27)26-7-3-5-9-28(26)29/h2-12,15-16,23-24,29,36H,13-14,17-19H2,1H3. The maximum absolute atomic E-state index is 13.4. The summed E-state index contributed by atoms with van der Waals surface area (Å²) in [6, 6.07) is 26.9. The first kappa shape index (κ1) is 22.5. The van der Waals surface area contributed by atoms with Crippen LogP contribution in [0.25, 0.3) is 22.0 Å². The number of aliphatic hydroxyl groups is 1. The van der Waals surface area contributed by atoms with Gasteiger partial charge < -0.3 is 14.7 Å². The highest BCUT2D eigenvalue weighted by Gasteiger charge is 2.50. The molecule has 0 spiro atoms. The molecule has 3 heterocycles. The minimum Gasteiger partial charge on any atom is -0.448 e. The lowest BCUT2D eigenvalue weighted by molar-refractivity contribution is -0.0530. The predicted octanol–water partition coefficient (Wildman–Crippen LogP) is 6.31. The number of pyridine rings is 1. The monoisotopic (exact) mass is 490 g/mol. The van der Waals surface area contributed by atoms with E-state index in [1.807, 2.05) is 30.0 Å². The molecule has 2 fully saturated rings. The molecule has 3 aliphatic rings. The van der Waals surface area contributed by atoms with E-state index in [-0.39, 0.29) is 24.1 Å². The number of ether oxygens (including phenoxy) is 1. The van der Waals surface area contributed by atoms with Crippen molar-refractivity contribution in [2.45, 2.75) is 56.2 Å². The molecule has 4 aromatic rings. The summed E-state index contributed by atoms with van der Waals surface area (Å²) < 4.78 is 6.00. The molecule has 7 rings (SSSR count). The van der Waals surface area contributed by atoms with Gasteiger partial charge in [-0.25, -0.2) is 4.79 Å². The lowest BCUT2D eigenvalue weighted by Gasteiger charge is -2.43. The number of piperidine rings is 1. The number of benzene rings is 3. The minimum absolute atomic E-state index is 0.0220. The molecule has 3 aromatic carbocycles. The molecule has 186 valence electrons. The fraction of sp³-hybridized carbons (Fsp3) is 0.312. The topological polar surface area (TPSA) is 62.7 Å². The SMILES string of the molecule is Cc1ccc2cc(C3(O)CC4CCC(C3)N4C(=O)OCC3c4ccccc4-c4ccccc43)ccc2n1. The van der Waals surface area contributed by atoms with E-state index in [1.165, 1.54) is 22.3 Å². The van der Waals surface area contributed by atoms with Crippen molar-refractivity contribution in [3.8, 4) is 11.1 Å². The number of amides is 1. The predicted molar refractivity (Wildman–Crippen MR) is 143 cm³/mol. The van der Waals surface area contributed by atoms with E-state index < -0.39 is 5.60 Å². The molecule has 2 unspecified atom stereocenters. The summed E-state index contributed by atoms with van der Waals surface area (Å²) in [4.78, 5) is 19.9. The molecule has 1 N–H and O–H groups in total. The number of hydrogen-bond donors (Lipinski definition) is 1. The molecule has 0 radical (unpaired) electrons. The number of carbonyl (C=O) groups is 1. The molecule has 2 atom stereocenters. The third kappa shape index (κ3) is 3.64. The van der Waals surface area contributed by atoms with Crippen molar-refractivity contribution < 1.29 is 14.6 Å². The molecule has 1 aliphatic carbocycles. The van der Waals surface area contributed by atoms with Crippen molar-refractivity contribution in [3.63, 3.8) is 0 Å². The molecule has 2 saturated heterocycles. The Kier molecular flexibility index (Phi) is 5.12. The Bertz CT molecular complexity index is 1470. The molecule has 0 saturated carbocycles. The number of nitrogens with zero attached hydrogens (tertiary/aromatic N) is 2. The van der Waals surface area contributed by atoms with E-state index in [1.54, 1.807) is 0 Å². The average molecular weight is 491 g/mol. The summed E-state index contributed by atoms with van der Waals surface area (Å²) in [5.74, 6) is 0.0468. The number of aromatic nitrogens is 1. The summed E-state index contributed by atoms with van der Waals surface area (Å²) in [6.45, 7) is 2.31. The van der Waals surface area contributed by atoms with E-state index >= 15 is 0 Å². The fourth-order valence-electron chi connectivity index (χ4n) is 6.94. The van der Waals surface area contributed by atoms with Crippen molar-refractivity contribution in [1.82, 2.24) is 9.88 Å².